The summed E-state index contributed by atoms with van der Waals surface area (Å²) in [4.78, 5) is 21.5. The summed E-state index contributed by atoms with van der Waals surface area (Å²) in [6.07, 6.45) is 0. The minimum Gasteiger partial charge on any atom is -0.381 e. The molecule has 2 rings (SSSR count). The maximum absolute atomic E-state index is 11.0. The first-order valence-electron chi connectivity index (χ1n) is 6.35. The zero-order chi connectivity index (χ0) is 15.4. The fourth-order valence-electron chi connectivity index (χ4n) is 1.92. The molecule has 0 heterocycles. The second kappa shape index (κ2) is 6.04. The van der Waals surface area contributed by atoms with E-state index in [9.17, 15) is 14.9 Å². The summed E-state index contributed by atoms with van der Waals surface area (Å²) in [6.45, 7) is 2.16. The summed E-state index contributed by atoms with van der Waals surface area (Å²) in [7, 11) is 0. The molecule has 21 heavy (non-hydrogen) atoms. The van der Waals surface area contributed by atoms with Crippen LogP contribution in [0, 0.1) is 17.0 Å². The van der Waals surface area contributed by atoms with Gasteiger partial charge in [-0.25, -0.2) is 0 Å². The first-order chi connectivity index (χ1) is 9.97. The molecule has 0 fully saturated rings. The Balaban J connectivity index is 2.07. The number of nitrogens with two attached hydrogens (primary N) is 1. The highest BCUT2D eigenvalue weighted by Gasteiger charge is 2.10. The Morgan fingerprint density at radius 1 is 1.24 bits per heavy atom. The van der Waals surface area contributed by atoms with Crippen LogP contribution in [-0.4, -0.2) is 10.8 Å². The molecule has 108 valence electrons. The zero-order valence-corrected chi connectivity index (χ0v) is 11.5. The first-order valence-corrected chi connectivity index (χ1v) is 6.35. The molecular formula is C15H15N3O3. The maximum Gasteiger partial charge on any atom is 0.272 e. The minimum atomic E-state index is -0.476. The fraction of sp³-hybridized carbons (Fsp3) is 0.133. The lowest BCUT2D eigenvalue weighted by Gasteiger charge is -2.07. The van der Waals surface area contributed by atoms with Gasteiger partial charge in [-0.1, -0.05) is 12.1 Å². The van der Waals surface area contributed by atoms with Crippen molar-refractivity contribution in [1.29, 1.82) is 0 Å². The number of hydrogen-bond donors (Lipinski definition) is 2. The number of carbonyl (C=O) groups excluding carboxylic acids is 1. The van der Waals surface area contributed by atoms with Crippen molar-refractivity contribution in [3.05, 3.63) is 69.3 Å². The van der Waals surface area contributed by atoms with E-state index in [2.05, 4.69) is 5.32 Å². The van der Waals surface area contributed by atoms with Crippen molar-refractivity contribution in [2.24, 2.45) is 5.73 Å². The molecule has 0 aliphatic heterocycles. The summed E-state index contributed by atoms with van der Waals surface area (Å²) >= 11 is 0. The number of nitro benzene ring substituents is 1. The predicted molar refractivity (Wildman–Crippen MR) is 80.1 cm³/mol. The topological polar surface area (TPSA) is 98.3 Å². The van der Waals surface area contributed by atoms with Gasteiger partial charge in [-0.3, -0.25) is 14.9 Å². The quantitative estimate of drug-likeness (QED) is 0.651. The maximum atomic E-state index is 11.0. The van der Waals surface area contributed by atoms with E-state index in [4.69, 9.17) is 5.73 Å². The van der Waals surface area contributed by atoms with Crippen LogP contribution in [-0.2, 0) is 6.54 Å². The Morgan fingerprint density at radius 3 is 2.48 bits per heavy atom. The number of carbonyl (C=O) groups is 1. The third-order valence-electron chi connectivity index (χ3n) is 3.14. The number of amides is 1. The molecule has 0 spiro atoms. The third kappa shape index (κ3) is 3.56. The van der Waals surface area contributed by atoms with Gasteiger partial charge in [0.15, 0.2) is 0 Å². The van der Waals surface area contributed by atoms with Gasteiger partial charge >= 0.3 is 0 Å². The number of hydrogen-bond acceptors (Lipinski definition) is 4. The number of nitrogens with zero attached hydrogens (tertiary/aromatic N) is 1. The molecule has 0 aromatic heterocycles. The second-order valence-corrected chi connectivity index (χ2v) is 4.67. The summed E-state index contributed by atoms with van der Waals surface area (Å²) < 4.78 is 0. The van der Waals surface area contributed by atoms with Crippen LogP contribution in [0.25, 0.3) is 0 Å². The number of benzene rings is 2. The van der Waals surface area contributed by atoms with Crippen molar-refractivity contribution in [3.8, 4) is 0 Å². The van der Waals surface area contributed by atoms with Gasteiger partial charge in [0.05, 0.1) is 4.92 Å². The Kier molecular flexibility index (Phi) is 4.18. The molecule has 6 heteroatoms. The number of primary amides is 1. The van der Waals surface area contributed by atoms with E-state index in [0.29, 0.717) is 17.7 Å². The number of aryl methyl sites for hydroxylation is 1. The van der Waals surface area contributed by atoms with Crippen molar-refractivity contribution >= 4 is 17.3 Å². The van der Waals surface area contributed by atoms with Gasteiger partial charge in [0.1, 0.15) is 0 Å². The van der Waals surface area contributed by atoms with Crippen LogP contribution in [0.15, 0.2) is 42.5 Å². The van der Waals surface area contributed by atoms with Gasteiger partial charge in [0, 0.05) is 29.4 Å². The number of anilines is 1. The third-order valence-corrected chi connectivity index (χ3v) is 3.14. The smallest absolute Gasteiger partial charge is 0.272 e. The van der Waals surface area contributed by atoms with Crippen LogP contribution >= 0.6 is 0 Å². The van der Waals surface area contributed by atoms with E-state index in [1.54, 1.807) is 43.3 Å². The summed E-state index contributed by atoms with van der Waals surface area (Å²) in [6, 6.07) is 11.9. The lowest BCUT2D eigenvalue weighted by Crippen LogP contribution is -2.10. The molecule has 2 aromatic carbocycles. The molecule has 0 saturated carbocycles. The van der Waals surface area contributed by atoms with Gasteiger partial charge < -0.3 is 11.1 Å². The molecule has 0 aliphatic rings. The Bertz CT molecular complexity index is 681. The van der Waals surface area contributed by atoms with E-state index in [-0.39, 0.29) is 10.6 Å². The average Bonchev–Trinajstić information content (AvgIpc) is 2.46. The van der Waals surface area contributed by atoms with Crippen LogP contribution in [0.3, 0.4) is 0 Å². The van der Waals surface area contributed by atoms with Crippen LogP contribution in [0.5, 0.6) is 0 Å². The van der Waals surface area contributed by atoms with Crippen LogP contribution < -0.4 is 11.1 Å². The Morgan fingerprint density at radius 2 is 1.90 bits per heavy atom. The SMILES string of the molecule is Cc1ccc(CNc2ccc(C(N)=O)cc2)cc1[N+](=O)[O-]. The monoisotopic (exact) mass is 285 g/mol. The number of rotatable bonds is 5. The van der Waals surface area contributed by atoms with E-state index in [1.165, 1.54) is 0 Å². The van der Waals surface area contributed by atoms with Crippen molar-refractivity contribution in [3.63, 3.8) is 0 Å². The normalized spacial score (nSPS) is 10.1. The van der Waals surface area contributed by atoms with Crippen LogP contribution in [0.2, 0.25) is 0 Å². The molecule has 0 atom stereocenters. The summed E-state index contributed by atoms with van der Waals surface area (Å²) in [5.74, 6) is -0.476. The van der Waals surface area contributed by atoms with E-state index >= 15 is 0 Å². The van der Waals surface area contributed by atoms with Crippen molar-refractivity contribution in [1.82, 2.24) is 0 Å². The van der Waals surface area contributed by atoms with Gasteiger partial charge in [-0.05, 0) is 36.8 Å². The molecule has 1 amide bonds. The second-order valence-electron chi connectivity index (χ2n) is 4.67. The average molecular weight is 285 g/mol. The minimum absolute atomic E-state index is 0.110. The molecule has 0 radical (unpaired) electrons. The Hall–Kier alpha value is -2.89. The lowest BCUT2D eigenvalue weighted by molar-refractivity contribution is -0.385. The van der Waals surface area contributed by atoms with Crippen LogP contribution in [0.1, 0.15) is 21.5 Å². The number of nitro groups is 1. The molecular weight excluding hydrogens is 270 g/mol. The van der Waals surface area contributed by atoms with Crippen molar-refractivity contribution < 1.29 is 9.72 Å². The molecule has 0 bridgehead atoms. The van der Waals surface area contributed by atoms with E-state index < -0.39 is 5.91 Å². The summed E-state index contributed by atoms with van der Waals surface area (Å²) in [5.41, 5.74) is 7.96. The highest BCUT2D eigenvalue weighted by Crippen LogP contribution is 2.20. The predicted octanol–water partition coefficient (Wildman–Crippen LogP) is 2.61. The van der Waals surface area contributed by atoms with E-state index in [0.717, 1.165) is 11.3 Å². The fourth-order valence-corrected chi connectivity index (χ4v) is 1.92. The molecule has 6 nitrogen and oxygen atoms in total. The largest absolute Gasteiger partial charge is 0.381 e. The Labute approximate surface area is 121 Å². The highest BCUT2D eigenvalue weighted by molar-refractivity contribution is 5.93. The molecule has 0 saturated heterocycles. The first kappa shape index (κ1) is 14.5. The van der Waals surface area contributed by atoms with Gasteiger partial charge in [0.25, 0.3) is 5.69 Å². The van der Waals surface area contributed by atoms with Gasteiger partial charge in [-0.2, -0.15) is 0 Å². The summed E-state index contributed by atoms with van der Waals surface area (Å²) in [5, 5.41) is 14.0. The molecule has 0 aliphatic carbocycles. The number of nitrogens with one attached hydrogen (secondary N) is 1. The van der Waals surface area contributed by atoms with Crippen LogP contribution in [0.4, 0.5) is 11.4 Å². The van der Waals surface area contributed by atoms with Crippen molar-refractivity contribution in [2.75, 3.05) is 5.32 Å². The molecule has 0 unspecified atom stereocenters. The molecule has 2 aromatic rings. The van der Waals surface area contributed by atoms with Gasteiger partial charge in [-0.15, -0.1) is 0 Å². The zero-order valence-electron chi connectivity index (χ0n) is 11.5. The molecule has 3 N–H and O–H groups in total. The van der Waals surface area contributed by atoms with Gasteiger partial charge in [0.2, 0.25) is 5.91 Å². The van der Waals surface area contributed by atoms with Crippen molar-refractivity contribution in [2.45, 2.75) is 13.5 Å². The highest BCUT2D eigenvalue weighted by atomic mass is 16.6. The standard InChI is InChI=1S/C15H15N3O3/c1-10-2-3-11(8-14(10)18(20)21)9-17-13-6-4-12(5-7-13)15(16)19/h2-8,17H,9H2,1H3,(H2,16,19). The lowest BCUT2D eigenvalue weighted by atomic mass is 10.1. The van der Waals surface area contributed by atoms with E-state index in [1.807, 2.05) is 6.07 Å².